The molecule has 0 heterocycles. The van der Waals surface area contributed by atoms with Gasteiger partial charge in [0.25, 0.3) is 8.32 Å². The van der Waals surface area contributed by atoms with Gasteiger partial charge in [-0.3, -0.25) is 0 Å². The van der Waals surface area contributed by atoms with Crippen molar-refractivity contribution in [2.24, 2.45) is 5.16 Å². The monoisotopic (exact) mass is 303 g/mol. The number of hydrogen-bond acceptors (Lipinski definition) is 3. The van der Waals surface area contributed by atoms with Gasteiger partial charge in [0.15, 0.2) is 0 Å². The molecule has 0 saturated carbocycles. The molecule has 1 rings (SSSR count). The quantitative estimate of drug-likeness (QED) is 0.271. The molecule has 0 aromatic heterocycles. The largest absolute Gasteiger partial charge is 0.455 e. The Morgan fingerprint density at radius 2 is 1.87 bits per heavy atom. The van der Waals surface area contributed by atoms with Crippen LogP contribution in [-0.2, 0) is 4.53 Å². The zero-order valence-corrected chi connectivity index (χ0v) is 12.4. The topological polar surface area (TPSA) is 21.6 Å². The minimum absolute atomic E-state index is 1.09. The number of halogens is 1. The summed E-state index contributed by atoms with van der Waals surface area (Å²) in [7, 11) is -1.52. The summed E-state index contributed by atoms with van der Waals surface area (Å²) in [4.78, 5) is 1.15. The molecule has 0 radical (unpaired) electrons. The molecule has 0 spiro atoms. The van der Waals surface area contributed by atoms with Gasteiger partial charge in [-0.05, 0) is 43.9 Å². The minimum Gasteiger partial charge on any atom is -0.455 e. The number of benzene rings is 1. The summed E-state index contributed by atoms with van der Waals surface area (Å²) >= 11 is 4.95. The maximum atomic E-state index is 5.35. The highest BCUT2D eigenvalue weighted by atomic mass is 79.9. The molecule has 0 aliphatic rings. The molecule has 15 heavy (non-hydrogen) atoms. The van der Waals surface area contributed by atoms with Crippen LogP contribution in [0.25, 0.3) is 0 Å². The van der Waals surface area contributed by atoms with Crippen molar-refractivity contribution in [3.8, 4) is 0 Å². The van der Waals surface area contributed by atoms with Crippen LogP contribution in [0.15, 0.2) is 38.8 Å². The van der Waals surface area contributed by atoms with E-state index in [1.807, 2.05) is 24.3 Å². The third-order valence-corrected chi connectivity index (χ3v) is 3.29. The van der Waals surface area contributed by atoms with Crippen molar-refractivity contribution in [1.29, 1.82) is 0 Å². The first-order valence-electron chi connectivity index (χ1n) is 4.60. The van der Waals surface area contributed by atoms with E-state index in [1.54, 1.807) is 17.3 Å². The highest BCUT2D eigenvalue weighted by Gasteiger charge is 2.15. The fourth-order valence-corrected chi connectivity index (χ4v) is 1.99. The fourth-order valence-electron chi connectivity index (χ4n) is 0.775. The van der Waals surface area contributed by atoms with Gasteiger partial charge in [0, 0.05) is 9.37 Å². The van der Waals surface area contributed by atoms with E-state index in [1.165, 1.54) is 0 Å². The second kappa shape index (κ2) is 5.72. The van der Waals surface area contributed by atoms with Crippen LogP contribution in [0.2, 0.25) is 19.6 Å². The average Bonchev–Trinajstić information content (AvgIpc) is 2.14. The molecule has 0 saturated heterocycles. The lowest BCUT2D eigenvalue weighted by Gasteiger charge is -2.11. The SMILES string of the molecule is C[Si](C)(C)O/N=C/Sc1ccc(Br)cc1. The predicted octanol–water partition coefficient (Wildman–Crippen LogP) is 4.34. The Labute approximate surface area is 104 Å². The van der Waals surface area contributed by atoms with Gasteiger partial charge in [0.1, 0.15) is 5.55 Å². The molecule has 0 amide bonds. The highest BCUT2D eigenvalue weighted by molar-refractivity contribution is 9.10. The summed E-state index contributed by atoms with van der Waals surface area (Å²) in [6.45, 7) is 6.32. The summed E-state index contributed by atoms with van der Waals surface area (Å²) in [5, 5.41) is 3.95. The van der Waals surface area contributed by atoms with Gasteiger partial charge in [-0.2, -0.15) is 0 Å². The molecule has 0 bridgehead atoms. The maximum Gasteiger partial charge on any atom is 0.278 e. The number of hydrogen-bond donors (Lipinski definition) is 0. The Kier molecular flexibility index (Phi) is 4.88. The summed E-state index contributed by atoms with van der Waals surface area (Å²) in [6.07, 6.45) is 0. The van der Waals surface area contributed by atoms with E-state index >= 15 is 0 Å². The van der Waals surface area contributed by atoms with Crippen LogP contribution in [0.1, 0.15) is 0 Å². The number of rotatable bonds is 4. The summed E-state index contributed by atoms with van der Waals surface area (Å²) in [5.41, 5.74) is 1.74. The Morgan fingerprint density at radius 1 is 1.27 bits per heavy atom. The van der Waals surface area contributed by atoms with Gasteiger partial charge in [0.05, 0.1) is 0 Å². The zero-order chi connectivity index (χ0) is 11.3. The van der Waals surface area contributed by atoms with Crippen LogP contribution in [0, 0.1) is 0 Å². The molecule has 0 fully saturated rings. The summed E-state index contributed by atoms with van der Waals surface area (Å²) in [5.74, 6) is 0. The van der Waals surface area contributed by atoms with Crippen LogP contribution in [0.5, 0.6) is 0 Å². The number of oxime groups is 1. The molecule has 5 heteroatoms. The molecule has 0 N–H and O–H groups in total. The molecule has 0 aliphatic heterocycles. The van der Waals surface area contributed by atoms with Gasteiger partial charge in [-0.1, -0.05) is 27.7 Å². The van der Waals surface area contributed by atoms with Crippen LogP contribution >= 0.6 is 27.7 Å². The van der Waals surface area contributed by atoms with Crippen molar-refractivity contribution in [3.05, 3.63) is 28.7 Å². The minimum atomic E-state index is -1.52. The van der Waals surface area contributed by atoms with E-state index in [2.05, 4.69) is 40.7 Å². The Morgan fingerprint density at radius 3 is 2.40 bits per heavy atom. The lowest BCUT2D eigenvalue weighted by atomic mass is 10.4. The van der Waals surface area contributed by atoms with Gasteiger partial charge >= 0.3 is 0 Å². The van der Waals surface area contributed by atoms with Crippen molar-refractivity contribution in [3.63, 3.8) is 0 Å². The van der Waals surface area contributed by atoms with Crippen molar-refractivity contribution >= 4 is 41.6 Å². The van der Waals surface area contributed by atoms with Crippen molar-refractivity contribution < 1.29 is 4.53 Å². The molecule has 1 aromatic rings. The Balaban J connectivity index is 2.40. The van der Waals surface area contributed by atoms with Gasteiger partial charge in [-0.15, -0.1) is 5.16 Å². The number of thioether (sulfide) groups is 1. The van der Waals surface area contributed by atoms with Crippen LogP contribution in [0.4, 0.5) is 0 Å². The predicted molar refractivity (Wildman–Crippen MR) is 72.9 cm³/mol. The smallest absolute Gasteiger partial charge is 0.278 e. The van der Waals surface area contributed by atoms with Crippen LogP contribution in [-0.4, -0.2) is 13.9 Å². The van der Waals surface area contributed by atoms with Gasteiger partial charge in [-0.25, -0.2) is 0 Å². The fraction of sp³-hybridized carbons (Fsp3) is 0.300. The van der Waals surface area contributed by atoms with Crippen molar-refractivity contribution in [1.82, 2.24) is 0 Å². The first-order chi connectivity index (χ1) is 6.97. The van der Waals surface area contributed by atoms with E-state index < -0.39 is 8.32 Å². The average molecular weight is 304 g/mol. The van der Waals surface area contributed by atoms with E-state index in [4.69, 9.17) is 4.53 Å². The van der Waals surface area contributed by atoms with Gasteiger partial charge in [0.2, 0.25) is 0 Å². The molecule has 0 atom stereocenters. The first kappa shape index (κ1) is 12.8. The Bertz CT molecular complexity index is 334. The zero-order valence-electron chi connectivity index (χ0n) is 9.03. The van der Waals surface area contributed by atoms with Crippen molar-refractivity contribution in [2.75, 3.05) is 0 Å². The lowest BCUT2D eigenvalue weighted by molar-refractivity contribution is 0.339. The molecule has 1 aromatic carbocycles. The number of nitrogens with zero attached hydrogens (tertiary/aromatic N) is 1. The normalized spacial score (nSPS) is 12.0. The molecule has 2 nitrogen and oxygen atoms in total. The van der Waals surface area contributed by atoms with E-state index in [0.717, 1.165) is 9.37 Å². The Hall–Kier alpha value is -0.263. The van der Waals surface area contributed by atoms with E-state index in [-0.39, 0.29) is 0 Å². The second-order valence-corrected chi connectivity index (χ2v) is 10.2. The second-order valence-electron chi connectivity index (χ2n) is 3.99. The molecule has 0 aliphatic carbocycles. The van der Waals surface area contributed by atoms with Gasteiger partial charge < -0.3 is 4.53 Å². The standard InChI is InChI=1S/C10H14BrNOSSi/c1-15(2,3)13-12-8-14-10-6-4-9(11)5-7-10/h4-8H,1-3H3/b12-8+. The van der Waals surface area contributed by atoms with Crippen LogP contribution < -0.4 is 0 Å². The first-order valence-corrected chi connectivity index (χ1v) is 9.68. The maximum absolute atomic E-state index is 5.35. The lowest BCUT2D eigenvalue weighted by Crippen LogP contribution is -2.21. The van der Waals surface area contributed by atoms with Crippen LogP contribution in [0.3, 0.4) is 0 Å². The molecular weight excluding hydrogens is 290 g/mol. The summed E-state index contributed by atoms with van der Waals surface area (Å²) in [6, 6.07) is 8.09. The van der Waals surface area contributed by atoms with E-state index in [9.17, 15) is 0 Å². The molecular formula is C10H14BrNOSSi. The van der Waals surface area contributed by atoms with E-state index in [0.29, 0.717) is 0 Å². The third kappa shape index (κ3) is 6.02. The molecule has 82 valence electrons. The molecule has 0 unspecified atom stereocenters. The summed E-state index contributed by atoms with van der Waals surface area (Å²) < 4.78 is 6.44. The van der Waals surface area contributed by atoms with Crippen molar-refractivity contribution in [2.45, 2.75) is 24.5 Å². The highest BCUT2D eigenvalue weighted by Crippen LogP contribution is 2.18. The third-order valence-electron chi connectivity index (χ3n) is 1.37.